The van der Waals surface area contributed by atoms with Gasteiger partial charge in [0.2, 0.25) is 0 Å². The van der Waals surface area contributed by atoms with Crippen LogP contribution in [0, 0.1) is 5.92 Å². The number of rotatable bonds is 0. The highest BCUT2D eigenvalue weighted by Gasteiger charge is 2.13. The predicted octanol–water partition coefficient (Wildman–Crippen LogP) is 1.96. The fourth-order valence-electron chi connectivity index (χ4n) is 0.191. The lowest BCUT2D eigenvalue weighted by molar-refractivity contribution is 1.08. The zero-order chi connectivity index (χ0) is 3.86. The molecule has 0 spiro atoms. The molecule has 0 radical (unpaired) electrons. The average molecular weight is 180 g/mol. The van der Waals surface area contributed by atoms with Crippen LogP contribution in [0.2, 0.25) is 0 Å². The maximum Gasteiger partial charge on any atom is 0.00552 e. The molecule has 1 atom stereocenters. The van der Waals surface area contributed by atoms with Crippen molar-refractivity contribution in [3.63, 3.8) is 0 Å². The van der Waals surface area contributed by atoms with Gasteiger partial charge in [-0.3, -0.25) is 0 Å². The van der Waals surface area contributed by atoms with Crippen LogP contribution in [0.15, 0.2) is 9.66 Å². The number of halogens is 1. The normalized spacial score (nSPS) is 33.2. The molecule has 5 heavy (non-hydrogen) atoms. The number of hydrogen-bond donors (Lipinski definition) is 0. The van der Waals surface area contributed by atoms with Crippen LogP contribution in [0.25, 0.3) is 0 Å². The van der Waals surface area contributed by atoms with Gasteiger partial charge in [0.15, 0.2) is 0 Å². The molecule has 1 heteroatoms. The zero-order valence-electron chi connectivity index (χ0n) is 3.03. The SMILES string of the molecule is CC1C=C1I. The lowest BCUT2D eigenvalue weighted by atomic mass is 10.5. The van der Waals surface area contributed by atoms with E-state index >= 15 is 0 Å². The summed E-state index contributed by atoms with van der Waals surface area (Å²) in [4.78, 5) is 0. The third-order valence-electron chi connectivity index (χ3n) is 0.735. The van der Waals surface area contributed by atoms with Gasteiger partial charge in [0.25, 0.3) is 0 Å². The second kappa shape index (κ2) is 0.965. The number of allylic oxidation sites excluding steroid dienone is 2. The van der Waals surface area contributed by atoms with E-state index < -0.39 is 0 Å². The summed E-state index contributed by atoms with van der Waals surface area (Å²) in [5, 5.41) is 0. The van der Waals surface area contributed by atoms with E-state index in [1.54, 1.807) is 0 Å². The zero-order valence-corrected chi connectivity index (χ0v) is 5.19. The molecule has 1 aliphatic carbocycles. The van der Waals surface area contributed by atoms with Crippen molar-refractivity contribution in [2.45, 2.75) is 6.92 Å². The van der Waals surface area contributed by atoms with Crippen LogP contribution in [-0.2, 0) is 0 Å². The van der Waals surface area contributed by atoms with Crippen molar-refractivity contribution in [1.29, 1.82) is 0 Å². The summed E-state index contributed by atoms with van der Waals surface area (Å²) >= 11 is 2.34. The first-order valence-electron chi connectivity index (χ1n) is 1.68. The van der Waals surface area contributed by atoms with Gasteiger partial charge < -0.3 is 0 Å². The van der Waals surface area contributed by atoms with Crippen molar-refractivity contribution in [2.24, 2.45) is 5.92 Å². The quantitative estimate of drug-likeness (QED) is 0.499. The van der Waals surface area contributed by atoms with Gasteiger partial charge >= 0.3 is 0 Å². The molecule has 1 unspecified atom stereocenters. The Morgan fingerprint density at radius 1 is 2.00 bits per heavy atom. The molecule has 0 heterocycles. The molecule has 0 fully saturated rings. The smallest absolute Gasteiger partial charge is 0.00552 e. The van der Waals surface area contributed by atoms with Crippen LogP contribution in [-0.4, -0.2) is 0 Å². The maximum absolute atomic E-state index is 2.34. The minimum absolute atomic E-state index is 0.829. The van der Waals surface area contributed by atoms with E-state index in [4.69, 9.17) is 0 Å². The van der Waals surface area contributed by atoms with Crippen molar-refractivity contribution < 1.29 is 0 Å². The summed E-state index contributed by atoms with van der Waals surface area (Å²) in [5.74, 6) is 0.829. The molecule has 1 aliphatic rings. The van der Waals surface area contributed by atoms with Gasteiger partial charge in [-0.1, -0.05) is 13.0 Å². The minimum atomic E-state index is 0.829. The predicted molar refractivity (Wildman–Crippen MR) is 31.3 cm³/mol. The summed E-state index contributed by atoms with van der Waals surface area (Å²) < 4.78 is 1.52. The second-order valence-electron chi connectivity index (χ2n) is 1.34. The molecular weight excluding hydrogens is 175 g/mol. The van der Waals surface area contributed by atoms with Crippen LogP contribution in [0.5, 0.6) is 0 Å². The van der Waals surface area contributed by atoms with Crippen molar-refractivity contribution in [2.75, 3.05) is 0 Å². The Morgan fingerprint density at radius 3 is 2.20 bits per heavy atom. The van der Waals surface area contributed by atoms with E-state index in [9.17, 15) is 0 Å². The molecule has 0 amide bonds. The first-order valence-corrected chi connectivity index (χ1v) is 2.76. The molecule has 28 valence electrons. The highest BCUT2D eigenvalue weighted by Crippen LogP contribution is 2.33. The minimum Gasteiger partial charge on any atom is -0.0669 e. The van der Waals surface area contributed by atoms with Crippen LogP contribution >= 0.6 is 22.6 Å². The molecule has 1 rings (SSSR count). The molecule has 0 saturated heterocycles. The van der Waals surface area contributed by atoms with Crippen molar-refractivity contribution >= 4 is 22.6 Å². The Balaban J connectivity index is 2.38. The molecular formula is C4H5I. The van der Waals surface area contributed by atoms with Crippen molar-refractivity contribution in [1.82, 2.24) is 0 Å². The standard InChI is InChI=1S/C4H5I/c1-3-2-4(3)5/h2-3H,1H3. The molecule has 0 aromatic heterocycles. The molecule has 0 nitrogen and oxygen atoms in total. The van der Waals surface area contributed by atoms with Gasteiger partial charge in [-0.25, -0.2) is 0 Å². The molecule has 0 aromatic carbocycles. The Labute approximate surface area is 45.4 Å². The first kappa shape index (κ1) is 3.65. The Hall–Kier alpha value is 0.470. The topological polar surface area (TPSA) is 0 Å². The molecule has 0 saturated carbocycles. The Bertz CT molecular complexity index is 73.7. The van der Waals surface area contributed by atoms with Gasteiger partial charge in [-0.15, -0.1) is 0 Å². The van der Waals surface area contributed by atoms with Crippen molar-refractivity contribution in [3.05, 3.63) is 9.66 Å². The van der Waals surface area contributed by atoms with Crippen LogP contribution in [0.4, 0.5) is 0 Å². The Kier molecular flexibility index (Phi) is 0.705. The summed E-state index contributed by atoms with van der Waals surface area (Å²) in [6.07, 6.45) is 2.24. The fourth-order valence-corrected chi connectivity index (χ4v) is 0.730. The van der Waals surface area contributed by atoms with Crippen LogP contribution in [0.1, 0.15) is 6.92 Å². The van der Waals surface area contributed by atoms with E-state index in [-0.39, 0.29) is 0 Å². The van der Waals surface area contributed by atoms with E-state index in [1.807, 2.05) is 0 Å². The molecule has 0 bridgehead atoms. The lowest BCUT2D eigenvalue weighted by Crippen LogP contribution is -1.53. The van der Waals surface area contributed by atoms with Crippen LogP contribution < -0.4 is 0 Å². The largest absolute Gasteiger partial charge is 0.0669 e. The lowest BCUT2D eigenvalue weighted by Gasteiger charge is -1.67. The van der Waals surface area contributed by atoms with E-state index in [0.29, 0.717) is 0 Å². The average Bonchev–Trinajstić information content (AvgIpc) is 1.79. The van der Waals surface area contributed by atoms with E-state index in [0.717, 1.165) is 5.92 Å². The third-order valence-corrected chi connectivity index (χ3v) is 2.08. The van der Waals surface area contributed by atoms with Gasteiger partial charge in [0, 0.05) is 5.92 Å². The van der Waals surface area contributed by atoms with E-state index in [1.165, 1.54) is 3.58 Å². The maximum atomic E-state index is 2.34. The van der Waals surface area contributed by atoms with Gasteiger partial charge in [0.1, 0.15) is 0 Å². The van der Waals surface area contributed by atoms with Crippen LogP contribution in [0.3, 0.4) is 0 Å². The van der Waals surface area contributed by atoms with Crippen molar-refractivity contribution in [3.8, 4) is 0 Å². The molecule has 0 N–H and O–H groups in total. The Morgan fingerprint density at radius 2 is 2.20 bits per heavy atom. The number of hydrogen-bond acceptors (Lipinski definition) is 0. The highest BCUT2D eigenvalue weighted by molar-refractivity contribution is 14.1. The van der Waals surface area contributed by atoms with Gasteiger partial charge in [-0.05, 0) is 26.2 Å². The first-order chi connectivity index (χ1) is 2.30. The summed E-state index contributed by atoms with van der Waals surface area (Å²) in [5.41, 5.74) is 0. The van der Waals surface area contributed by atoms with Gasteiger partial charge in [0.05, 0.1) is 0 Å². The van der Waals surface area contributed by atoms with E-state index in [2.05, 4.69) is 35.6 Å². The third kappa shape index (κ3) is 0.651. The van der Waals surface area contributed by atoms with Gasteiger partial charge in [-0.2, -0.15) is 0 Å². The fraction of sp³-hybridized carbons (Fsp3) is 0.500. The molecule has 0 aliphatic heterocycles. The second-order valence-corrected chi connectivity index (χ2v) is 2.59. The summed E-state index contributed by atoms with van der Waals surface area (Å²) in [6, 6.07) is 0. The summed E-state index contributed by atoms with van der Waals surface area (Å²) in [6.45, 7) is 2.20. The highest BCUT2D eigenvalue weighted by atomic mass is 127. The summed E-state index contributed by atoms with van der Waals surface area (Å²) in [7, 11) is 0. The molecule has 0 aromatic rings. The monoisotopic (exact) mass is 180 g/mol.